The van der Waals surface area contributed by atoms with E-state index >= 15 is 0 Å². The van der Waals surface area contributed by atoms with Crippen molar-refractivity contribution in [1.29, 1.82) is 5.26 Å². The van der Waals surface area contributed by atoms with Gasteiger partial charge in [0.05, 0.1) is 13.2 Å². The Morgan fingerprint density at radius 3 is 2.85 bits per heavy atom. The van der Waals surface area contributed by atoms with E-state index < -0.39 is 6.04 Å². The van der Waals surface area contributed by atoms with E-state index in [1.165, 1.54) is 7.11 Å². The number of nitrogens with zero attached hydrogens (tertiary/aromatic N) is 2. The summed E-state index contributed by atoms with van der Waals surface area (Å²) in [5.41, 5.74) is 7.00. The highest BCUT2D eigenvalue weighted by Crippen LogP contribution is 2.20. The van der Waals surface area contributed by atoms with Crippen molar-refractivity contribution >= 4 is 0 Å². The molecule has 0 aromatic carbocycles. The summed E-state index contributed by atoms with van der Waals surface area (Å²) in [5.74, 6) is 0.425. The molecular formula is C9H11N3O. The summed E-state index contributed by atoms with van der Waals surface area (Å²) < 4.78 is 5.01. The summed E-state index contributed by atoms with van der Waals surface area (Å²) in [4.78, 5) is 4.11. The maximum atomic E-state index is 8.62. The van der Waals surface area contributed by atoms with Crippen LogP contribution in [0.25, 0.3) is 0 Å². The molecule has 1 aromatic rings. The minimum absolute atomic E-state index is 0.425. The number of nitrogens with two attached hydrogens (primary N) is 1. The Hall–Kier alpha value is -1.60. The van der Waals surface area contributed by atoms with Gasteiger partial charge in [0.1, 0.15) is 6.04 Å². The van der Waals surface area contributed by atoms with Crippen LogP contribution in [-0.2, 0) is 0 Å². The van der Waals surface area contributed by atoms with Crippen molar-refractivity contribution in [2.24, 2.45) is 5.73 Å². The predicted molar refractivity (Wildman–Crippen MR) is 48.1 cm³/mol. The Labute approximate surface area is 77.0 Å². The SMILES string of the molecule is COc1nc(C)ccc1C(N)C#N. The molecular weight excluding hydrogens is 166 g/mol. The molecule has 0 saturated carbocycles. The summed E-state index contributed by atoms with van der Waals surface area (Å²) in [7, 11) is 1.51. The van der Waals surface area contributed by atoms with Crippen molar-refractivity contribution in [1.82, 2.24) is 4.98 Å². The fourth-order valence-corrected chi connectivity index (χ4v) is 1.01. The Bertz CT molecular complexity index is 343. The summed E-state index contributed by atoms with van der Waals surface area (Å²) in [5, 5.41) is 8.62. The first-order valence-electron chi connectivity index (χ1n) is 3.85. The second-order valence-corrected chi connectivity index (χ2v) is 2.66. The van der Waals surface area contributed by atoms with E-state index in [-0.39, 0.29) is 0 Å². The largest absolute Gasteiger partial charge is 0.481 e. The highest BCUT2D eigenvalue weighted by Gasteiger charge is 2.11. The van der Waals surface area contributed by atoms with Crippen LogP contribution in [0.3, 0.4) is 0 Å². The third kappa shape index (κ3) is 1.95. The van der Waals surface area contributed by atoms with Gasteiger partial charge in [0.15, 0.2) is 0 Å². The van der Waals surface area contributed by atoms with Crippen molar-refractivity contribution in [3.63, 3.8) is 0 Å². The molecule has 0 amide bonds. The third-order valence-corrected chi connectivity index (χ3v) is 1.70. The Kier molecular flexibility index (Phi) is 2.83. The van der Waals surface area contributed by atoms with E-state index in [1.807, 2.05) is 13.0 Å². The average molecular weight is 177 g/mol. The van der Waals surface area contributed by atoms with Crippen molar-refractivity contribution in [3.8, 4) is 11.9 Å². The first kappa shape index (κ1) is 9.49. The first-order valence-corrected chi connectivity index (χ1v) is 3.85. The summed E-state index contributed by atoms with van der Waals surface area (Å²) >= 11 is 0. The van der Waals surface area contributed by atoms with Crippen LogP contribution in [-0.4, -0.2) is 12.1 Å². The maximum absolute atomic E-state index is 8.62. The number of aromatic nitrogens is 1. The molecule has 0 radical (unpaired) electrons. The average Bonchev–Trinajstić information content (AvgIpc) is 2.16. The quantitative estimate of drug-likeness (QED) is 0.729. The minimum atomic E-state index is -0.678. The van der Waals surface area contributed by atoms with Crippen LogP contribution < -0.4 is 10.5 Å². The monoisotopic (exact) mass is 177 g/mol. The van der Waals surface area contributed by atoms with E-state index in [0.717, 1.165) is 5.69 Å². The zero-order chi connectivity index (χ0) is 9.84. The van der Waals surface area contributed by atoms with Gasteiger partial charge in [-0.25, -0.2) is 4.98 Å². The highest BCUT2D eigenvalue weighted by atomic mass is 16.5. The second kappa shape index (κ2) is 3.87. The lowest BCUT2D eigenvalue weighted by atomic mass is 10.1. The molecule has 1 rings (SSSR count). The van der Waals surface area contributed by atoms with Gasteiger partial charge in [-0.15, -0.1) is 0 Å². The van der Waals surface area contributed by atoms with E-state index in [1.54, 1.807) is 12.1 Å². The normalized spacial score (nSPS) is 11.8. The topological polar surface area (TPSA) is 71.9 Å². The molecule has 68 valence electrons. The lowest BCUT2D eigenvalue weighted by Gasteiger charge is -2.08. The van der Waals surface area contributed by atoms with Gasteiger partial charge in [0, 0.05) is 11.3 Å². The van der Waals surface area contributed by atoms with Gasteiger partial charge in [-0.05, 0) is 19.1 Å². The van der Waals surface area contributed by atoms with Crippen molar-refractivity contribution in [3.05, 3.63) is 23.4 Å². The van der Waals surface area contributed by atoms with Gasteiger partial charge < -0.3 is 10.5 Å². The zero-order valence-electron chi connectivity index (χ0n) is 7.61. The molecule has 0 fully saturated rings. The van der Waals surface area contributed by atoms with Gasteiger partial charge in [0.2, 0.25) is 5.88 Å². The maximum Gasteiger partial charge on any atom is 0.219 e. The highest BCUT2D eigenvalue weighted by molar-refractivity contribution is 5.33. The van der Waals surface area contributed by atoms with Crippen LogP contribution in [0.15, 0.2) is 12.1 Å². The fraction of sp³-hybridized carbons (Fsp3) is 0.333. The molecule has 4 nitrogen and oxygen atoms in total. The predicted octanol–water partition coefficient (Wildman–Crippen LogP) is 0.922. The lowest BCUT2D eigenvalue weighted by molar-refractivity contribution is 0.390. The second-order valence-electron chi connectivity index (χ2n) is 2.66. The number of aryl methyl sites for hydroxylation is 1. The number of nitriles is 1. The van der Waals surface area contributed by atoms with E-state index in [2.05, 4.69) is 4.98 Å². The van der Waals surface area contributed by atoms with Crippen LogP contribution >= 0.6 is 0 Å². The van der Waals surface area contributed by atoms with E-state index in [9.17, 15) is 0 Å². The molecule has 1 heterocycles. The third-order valence-electron chi connectivity index (χ3n) is 1.70. The van der Waals surface area contributed by atoms with Crippen LogP contribution in [0, 0.1) is 18.3 Å². The molecule has 4 heteroatoms. The Morgan fingerprint density at radius 1 is 1.62 bits per heavy atom. The van der Waals surface area contributed by atoms with E-state index in [4.69, 9.17) is 15.7 Å². The fourth-order valence-electron chi connectivity index (χ4n) is 1.01. The van der Waals surface area contributed by atoms with Crippen molar-refractivity contribution < 1.29 is 4.74 Å². The summed E-state index contributed by atoms with van der Waals surface area (Å²) in [6.07, 6.45) is 0. The molecule has 1 unspecified atom stereocenters. The van der Waals surface area contributed by atoms with Gasteiger partial charge in [-0.3, -0.25) is 0 Å². The molecule has 1 atom stereocenters. The molecule has 1 aromatic heterocycles. The van der Waals surface area contributed by atoms with Crippen LogP contribution in [0.2, 0.25) is 0 Å². The Morgan fingerprint density at radius 2 is 2.31 bits per heavy atom. The van der Waals surface area contributed by atoms with E-state index in [0.29, 0.717) is 11.4 Å². The van der Waals surface area contributed by atoms with Crippen LogP contribution in [0.5, 0.6) is 5.88 Å². The summed E-state index contributed by atoms with van der Waals surface area (Å²) in [6, 6.07) is 4.82. The number of hydrogen-bond donors (Lipinski definition) is 1. The van der Waals surface area contributed by atoms with Crippen LogP contribution in [0.4, 0.5) is 0 Å². The van der Waals surface area contributed by atoms with Crippen molar-refractivity contribution in [2.75, 3.05) is 7.11 Å². The van der Waals surface area contributed by atoms with Gasteiger partial charge in [-0.1, -0.05) is 0 Å². The van der Waals surface area contributed by atoms with Gasteiger partial charge in [0.25, 0.3) is 0 Å². The Balaban J connectivity index is 3.15. The molecule has 0 saturated heterocycles. The van der Waals surface area contributed by atoms with Crippen molar-refractivity contribution in [2.45, 2.75) is 13.0 Å². The smallest absolute Gasteiger partial charge is 0.219 e. The number of pyridine rings is 1. The number of hydrogen-bond acceptors (Lipinski definition) is 4. The lowest BCUT2D eigenvalue weighted by Crippen LogP contribution is -2.10. The molecule has 13 heavy (non-hydrogen) atoms. The number of methoxy groups -OCH3 is 1. The number of ether oxygens (including phenoxy) is 1. The number of rotatable bonds is 2. The van der Waals surface area contributed by atoms with Gasteiger partial charge >= 0.3 is 0 Å². The molecule has 0 bridgehead atoms. The molecule has 0 aliphatic rings. The summed E-state index contributed by atoms with van der Waals surface area (Å²) in [6.45, 7) is 1.85. The molecule has 0 aliphatic carbocycles. The first-order chi connectivity index (χ1) is 6.19. The molecule has 0 aliphatic heterocycles. The molecule has 2 N–H and O–H groups in total. The van der Waals surface area contributed by atoms with Crippen LogP contribution in [0.1, 0.15) is 17.3 Å². The standard InChI is InChI=1S/C9H11N3O/c1-6-3-4-7(8(11)5-10)9(12-6)13-2/h3-4,8H,11H2,1-2H3. The molecule has 0 spiro atoms. The zero-order valence-corrected chi connectivity index (χ0v) is 7.61. The minimum Gasteiger partial charge on any atom is -0.481 e. The van der Waals surface area contributed by atoms with Gasteiger partial charge in [-0.2, -0.15) is 5.26 Å².